The maximum Gasteiger partial charge on any atom is 0.234 e. The van der Waals surface area contributed by atoms with E-state index in [4.69, 9.17) is 5.11 Å². The molecule has 1 aliphatic carbocycles. The van der Waals surface area contributed by atoms with E-state index >= 15 is 0 Å². The number of carbonyl (C=O) groups excluding carboxylic acids is 1. The summed E-state index contributed by atoms with van der Waals surface area (Å²) in [5.41, 5.74) is 4.08. The highest BCUT2D eigenvalue weighted by molar-refractivity contribution is 5.78. The van der Waals surface area contributed by atoms with Crippen LogP contribution >= 0.6 is 0 Å². The first-order chi connectivity index (χ1) is 10.1. The highest BCUT2D eigenvalue weighted by Gasteiger charge is 2.14. The van der Waals surface area contributed by atoms with E-state index in [9.17, 15) is 4.79 Å². The molecule has 1 unspecified atom stereocenters. The van der Waals surface area contributed by atoms with Gasteiger partial charge in [-0.1, -0.05) is 18.2 Å². The number of hydrogen-bond acceptors (Lipinski definition) is 3. The molecule has 1 amide bonds. The molecule has 0 spiro atoms. The summed E-state index contributed by atoms with van der Waals surface area (Å²) in [7, 11) is 1.83. The maximum atomic E-state index is 12.0. The van der Waals surface area contributed by atoms with Gasteiger partial charge in [0.05, 0.1) is 19.2 Å². The lowest BCUT2D eigenvalue weighted by atomic mass is 9.89. The molecule has 4 nitrogen and oxygen atoms in total. The number of rotatable bonds is 6. The molecule has 1 aliphatic rings. The Morgan fingerprint density at radius 2 is 2.05 bits per heavy atom. The Hall–Kier alpha value is -1.39. The molecule has 2 N–H and O–H groups in total. The molecule has 21 heavy (non-hydrogen) atoms. The zero-order valence-electron chi connectivity index (χ0n) is 13.1. The van der Waals surface area contributed by atoms with Crippen LogP contribution in [0.1, 0.15) is 42.5 Å². The van der Waals surface area contributed by atoms with E-state index in [-0.39, 0.29) is 18.6 Å². The van der Waals surface area contributed by atoms with Crippen LogP contribution in [-0.2, 0) is 17.6 Å². The number of likely N-dealkylation sites (N-methyl/N-ethyl adjacent to an activating group) is 1. The standard InChI is InChI=1S/C17H26N2O2/c1-13(18-17(21)12-19(2)9-10-20)15-8-7-14-5-3-4-6-16(14)11-15/h7-8,11,13,20H,3-6,9-10,12H2,1-2H3,(H,18,21). The van der Waals surface area contributed by atoms with Crippen molar-refractivity contribution in [2.24, 2.45) is 0 Å². The summed E-state index contributed by atoms with van der Waals surface area (Å²) in [4.78, 5) is 13.8. The van der Waals surface area contributed by atoms with Gasteiger partial charge >= 0.3 is 0 Å². The highest BCUT2D eigenvalue weighted by Crippen LogP contribution is 2.24. The van der Waals surface area contributed by atoms with Gasteiger partial charge in [0.15, 0.2) is 0 Å². The first-order valence-corrected chi connectivity index (χ1v) is 7.80. The van der Waals surface area contributed by atoms with Crippen LogP contribution in [0.3, 0.4) is 0 Å². The molecule has 4 heteroatoms. The fraction of sp³-hybridized carbons (Fsp3) is 0.588. The quantitative estimate of drug-likeness (QED) is 0.838. The molecule has 0 aliphatic heterocycles. The first kappa shape index (κ1) is 16.0. The van der Waals surface area contributed by atoms with E-state index in [2.05, 4.69) is 23.5 Å². The van der Waals surface area contributed by atoms with Gasteiger partial charge in [0.2, 0.25) is 5.91 Å². The molecular weight excluding hydrogens is 264 g/mol. The number of nitrogens with one attached hydrogen (secondary N) is 1. The molecule has 0 bridgehead atoms. The fourth-order valence-electron chi connectivity index (χ4n) is 2.89. The SMILES string of the molecule is CC(NC(=O)CN(C)CCO)c1ccc2c(c1)CCCC2. The van der Waals surface area contributed by atoms with Crippen LogP contribution in [0.5, 0.6) is 0 Å². The lowest BCUT2D eigenvalue weighted by Crippen LogP contribution is -2.37. The molecule has 2 rings (SSSR count). The number of carbonyl (C=O) groups is 1. The number of amides is 1. The molecule has 1 atom stereocenters. The normalized spacial score (nSPS) is 15.6. The van der Waals surface area contributed by atoms with Crippen molar-refractivity contribution in [2.75, 3.05) is 26.7 Å². The molecule has 0 radical (unpaired) electrons. The number of benzene rings is 1. The van der Waals surface area contributed by atoms with Crippen LogP contribution < -0.4 is 5.32 Å². The number of hydrogen-bond donors (Lipinski definition) is 2. The van der Waals surface area contributed by atoms with Crippen LogP contribution in [0.4, 0.5) is 0 Å². The van der Waals surface area contributed by atoms with E-state index < -0.39 is 0 Å². The average Bonchev–Trinajstić information content (AvgIpc) is 2.46. The van der Waals surface area contributed by atoms with Gasteiger partial charge < -0.3 is 10.4 Å². The Kier molecular flexibility index (Phi) is 5.76. The lowest BCUT2D eigenvalue weighted by molar-refractivity contribution is -0.122. The van der Waals surface area contributed by atoms with Gasteiger partial charge in [-0.25, -0.2) is 0 Å². The van der Waals surface area contributed by atoms with Gasteiger partial charge in [0.25, 0.3) is 0 Å². The fourth-order valence-corrected chi connectivity index (χ4v) is 2.89. The lowest BCUT2D eigenvalue weighted by Gasteiger charge is -2.21. The van der Waals surface area contributed by atoms with E-state index in [0.717, 1.165) is 6.42 Å². The minimum atomic E-state index is -0.00355. The molecule has 0 fully saturated rings. The van der Waals surface area contributed by atoms with Crippen LogP contribution in [-0.4, -0.2) is 42.7 Å². The van der Waals surface area contributed by atoms with Crippen molar-refractivity contribution in [3.8, 4) is 0 Å². The summed E-state index contributed by atoms with van der Waals surface area (Å²) >= 11 is 0. The first-order valence-electron chi connectivity index (χ1n) is 7.80. The Morgan fingerprint density at radius 3 is 2.76 bits per heavy atom. The molecule has 0 aromatic heterocycles. The number of aryl methyl sites for hydroxylation is 2. The van der Waals surface area contributed by atoms with E-state index in [1.165, 1.54) is 36.0 Å². The van der Waals surface area contributed by atoms with Gasteiger partial charge in [-0.2, -0.15) is 0 Å². The highest BCUT2D eigenvalue weighted by atomic mass is 16.3. The molecule has 116 valence electrons. The van der Waals surface area contributed by atoms with Crippen molar-refractivity contribution in [1.82, 2.24) is 10.2 Å². The number of nitrogens with zero attached hydrogens (tertiary/aromatic N) is 1. The van der Waals surface area contributed by atoms with Gasteiger partial charge in [-0.05, 0) is 56.3 Å². The van der Waals surface area contributed by atoms with E-state index in [1.54, 1.807) is 0 Å². The predicted octanol–water partition coefficient (Wildman–Crippen LogP) is 1.67. The molecule has 1 aromatic carbocycles. The molecular formula is C17H26N2O2. The van der Waals surface area contributed by atoms with Crippen molar-refractivity contribution in [2.45, 2.75) is 38.6 Å². The van der Waals surface area contributed by atoms with Crippen molar-refractivity contribution >= 4 is 5.91 Å². The van der Waals surface area contributed by atoms with Crippen LogP contribution in [0.2, 0.25) is 0 Å². The zero-order valence-corrected chi connectivity index (χ0v) is 13.1. The summed E-state index contributed by atoms with van der Waals surface area (Å²) in [6, 6.07) is 6.61. The van der Waals surface area contributed by atoms with Gasteiger partial charge in [0, 0.05) is 6.54 Å². The smallest absolute Gasteiger partial charge is 0.234 e. The summed E-state index contributed by atoms with van der Waals surface area (Å²) in [6.07, 6.45) is 4.89. The maximum absolute atomic E-state index is 12.0. The minimum Gasteiger partial charge on any atom is -0.395 e. The second-order valence-electron chi connectivity index (χ2n) is 5.99. The molecule has 0 saturated heterocycles. The topological polar surface area (TPSA) is 52.6 Å². The van der Waals surface area contributed by atoms with Crippen LogP contribution in [0, 0.1) is 0 Å². The van der Waals surface area contributed by atoms with Crippen molar-refractivity contribution in [1.29, 1.82) is 0 Å². The third-order valence-electron chi connectivity index (χ3n) is 4.15. The third-order valence-corrected chi connectivity index (χ3v) is 4.15. The summed E-state index contributed by atoms with van der Waals surface area (Å²) in [5, 5.41) is 11.9. The Labute approximate surface area is 127 Å². The number of aliphatic hydroxyl groups excluding tert-OH is 1. The Morgan fingerprint density at radius 1 is 1.33 bits per heavy atom. The molecule has 1 aromatic rings. The zero-order chi connectivity index (χ0) is 15.2. The van der Waals surface area contributed by atoms with Crippen LogP contribution in [0.25, 0.3) is 0 Å². The second kappa shape index (κ2) is 7.57. The molecule has 0 heterocycles. The summed E-state index contributed by atoms with van der Waals surface area (Å²) in [5.74, 6) is -0.00355. The third kappa shape index (κ3) is 4.55. The molecule has 0 saturated carbocycles. The van der Waals surface area contributed by atoms with Crippen LogP contribution in [0.15, 0.2) is 18.2 Å². The van der Waals surface area contributed by atoms with Gasteiger partial charge in [-0.15, -0.1) is 0 Å². The predicted molar refractivity (Wildman–Crippen MR) is 84.2 cm³/mol. The van der Waals surface area contributed by atoms with Crippen molar-refractivity contribution in [3.05, 3.63) is 34.9 Å². The van der Waals surface area contributed by atoms with E-state index in [0.29, 0.717) is 13.1 Å². The Bertz CT molecular complexity index is 488. The summed E-state index contributed by atoms with van der Waals surface area (Å²) < 4.78 is 0. The number of fused-ring (bicyclic) bond motifs is 1. The Balaban J connectivity index is 1.93. The largest absolute Gasteiger partial charge is 0.395 e. The van der Waals surface area contributed by atoms with Crippen molar-refractivity contribution < 1.29 is 9.90 Å². The minimum absolute atomic E-state index is 0.00355. The van der Waals surface area contributed by atoms with Gasteiger partial charge in [0.1, 0.15) is 0 Å². The second-order valence-corrected chi connectivity index (χ2v) is 5.99. The van der Waals surface area contributed by atoms with Crippen molar-refractivity contribution in [3.63, 3.8) is 0 Å². The van der Waals surface area contributed by atoms with E-state index in [1.807, 2.05) is 18.9 Å². The summed E-state index contributed by atoms with van der Waals surface area (Å²) in [6.45, 7) is 2.93. The monoisotopic (exact) mass is 290 g/mol. The average molecular weight is 290 g/mol. The van der Waals surface area contributed by atoms with Gasteiger partial charge in [-0.3, -0.25) is 9.69 Å². The number of aliphatic hydroxyl groups is 1.